The Hall–Kier alpha value is -1.18. The monoisotopic (exact) mass is 344 g/mol. The van der Waals surface area contributed by atoms with Crippen LogP contribution < -0.4 is 5.32 Å². The van der Waals surface area contributed by atoms with E-state index in [1.165, 1.54) is 62.6 Å². The van der Waals surface area contributed by atoms with Crippen molar-refractivity contribution in [2.24, 2.45) is 17.3 Å². The van der Waals surface area contributed by atoms with Gasteiger partial charge in [-0.1, -0.05) is 51.3 Å². The van der Waals surface area contributed by atoms with Crippen LogP contribution in [0.2, 0.25) is 0 Å². The zero-order valence-electron chi connectivity index (χ0n) is 17.2. The third-order valence-corrected chi connectivity index (χ3v) is 6.35. The molecule has 25 heavy (non-hydrogen) atoms. The van der Waals surface area contributed by atoms with Gasteiger partial charge in [-0.2, -0.15) is 0 Å². The number of hydrogen-bond acceptors (Lipinski definition) is 2. The summed E-state index contributed by atoms with van der Waals surface area (Å²) < 4.78 is 0. The molecule has 0 radical (unpaired) electrons. The lowest BCUT2D eigenvalue weighted by Gasteiger charge is -2.42. The highest BCUT2D eigenvalue weighted by Gasteiger charge is 2.40. The number of hydrogen-bond donors (Lipinski definition) is 1. The van der Waals surface area contributed by atoms with Crippen LogP contribution in [-0.4, -0.2) is 24.5 Å². The van der Waals surface area contributed by atoms with Crippen LogP contribution in [0.1, 0.15) is 72.1 Å². The predicted octanol–water partition coefficient (Wildman–Crippen LogP) is 5.89. The van der Waals surface area contributed by atoms with Crippen LogP contribution in [0.25, 0.3) is 0 Å². The lowest BCUT2D eigenvalue weighted by molar-refractivity contribution is 0.186. The highest BCUT2D eigenvalue weighted by atomic mass is 15.2. The van der Waals surface area contributed by atoms with Crippen molar-refractivity contribution in [1.82, 2.24) is 10.2 Å². The van der Waals surface area contributed by atoms with Crippen molar-refractivity contribution in [2.75, 3.05) is 13.6 Å². The minimum absolute atomic E-state index is 0.279. The van der Waals surface area contributed by atoms with E-state index in [9.17, 15) is 0 Å². The van der Waals surface area contributed by atoms with E-state index in [-0.39, 0.29) is 5.41 Å². The summed E-state index contributed by atoms with van der Waals surface area (Å²) in [6.07, 6.45) is 10.5. The predicted molar refractivity (Wildman–Crippen MR) is 110 cm³/mol. The molecule has 0 amide bonds. The third-order valence-electron chi connectivity index (χ3n) is 6.35. The van der Waals surface area contributed by atoms with Gasteiger partial charge in [0.2, 0.25) is 0 Å². The number of allylic oxidation sites excluding steroid dienone is 2. The van der Waals surface area contributed by atoms with Gasteiger partial charge in [0.05, 0.1) is 6.04 Å². The summed E-state index contributed by atoms with van der Waals surface area (Å²) in [5.74, 6) is 1.65. The van der Waals surface area contributed by atoms with Crippen LogP contribution in [0.5, 0.6) is 0 Å². The smallest absolute Gasteiger partial charge is 0.0705 e. The first-order valence-corrected chi connectivity index (χ1v) is 10.2. The van der Waals surface area contributed by atoms with Gasteiger partial charge < -0.3 is 10.2 Å². The van der Waals surface area contributed by atoms with Gasteiger partial charge in [-0.25, -0.2) is 0 Å². The summed E-state index contributed by atoms with van der Waals surface area (Å²) in [5.41, 5.74) is 3.90. The first-order chi connectivity index (χ1) is 11.7. The Morgan fingerprint density at radius 2 is 1.68 bits per heavy atom. The molecule has 2 fully saturated rings. The number of nitrogens with zero attached hydrogens (tertiary/aromatic N) is 1. The van der Waals surface area contributed by atoms with Crippen LogP contribution in [0.3, 0.4) is 0 Å². The molecule has 2 heteroatoms. The van der Waals surface area contributed by atoms with Gasteiger partial charge in [0.15, 0.2) is 0 Å². The SMILES string of the molecule is C=C(C)C[C@H]1C[C@H]1CN(C)C(=C)C(NC(=C)C)C1(C)CCCCCC1. The van der Waals surface area contributed by atoms with Crippen LogP contribution in [0.4, 0.5) is 0 Å². The van der Waals surface area contributed by atoms with Crippen molar-refractivity contribution >= 4 is 0 Å². The molecule has 0 spiro atoms. The zero-order valence-corrected chi connectivity index (χ0v) is 17.2. The van der Waals surface area contributed by atoms with Gasteiger partial charge >= 0.3 is 0 Å². The molecule has 0 bridgehead atoms. The van der Waals surface area contributed by atoms with Crippen molar-refractivity contribution in [2.45, 2.75) is 78.2 Å². The van der Waals surface area contributed by atoms with Crippen molar-refractivity contribution in [3.63, 3.8) is 0 Å². The molecule has 0 saturated heterocycles. The normalized spacial score (nSPS) is 26.2. The maximum absolute atomic E-state index is 4.53. The second-order valence-corrected chi connectivity index (χ2v) is 9.21. The van der Waals surface area contributed by atoms with E-state index in [0.29, 0.717) is 6.04 Å². The topological polar surface area (TPSA) is 15.3 Å². The average molecular weight is 345 g/mol. The Morgan fingerprint density at radius 3 is 2.20 bits per heavy atom. The van der Waals surface area contributed by atoms with Crippen molar-refractivity contribution in [3.05, 3.63) is 36.7 Å². The highest BCUT2D eigenvalue weighted by molar-refractivity contribution is 5.15. The summed E-state index contributed by atoms with van der Waals surface area (Å²) >= 11 is 0. The highest BCUT2D eigenvalue weighted by Crippen LogP contribution is 2.45. The molecule has 2 aliphatic carbocycles. The summed E-state index contributed by atoms with van der Waals surface area (Å²) in [4.78, 5) is 2.42. The van der Waals surface area contributed by atoms with Gasteiger partial charge in [0.1, 0.15) is 0 Å². The molecule has 0 aromatic rings. The van der Waals surface area contributed by atoms with Gasteiger partial charge in [0, 0.05) is 25.0 Å². The van der Waals surface area contributed by atoms with Crippen LogP contribution in [-0.2, 0) is 0 Å². The minimum atomic E-state index is 0.279. The minimum Gasteiger partial charge on any atom is -0.380 e. The van der Waals surface area contributed by atoms with Crippen LogP contribution in [0, 0.1) is 17.3 Å². The number of nitrogens with one attached hydrogen (secondary N) is 1. The Morgan fingerprint density at radius 1 is 1.08 bits per heavy atom. The Labute approximate surface area is 156 Å². The third kappa shape index (κ3) is 5.66. The molecule has 3 atom stereocenters. The molecule has 0 aliphatic heterocycles. The van der Waals surface area contributed by atoms with E-state index in [0.717, 1.165) is 24.1 Å². The summed E-state index contributed by atoms with van der Waals surface area (Å²) in [7, 11) is 2.23. The Bertz CT molecular complexity index is 496. The van der Waals surface area contributed by atoms with Crippen molar-refractivity contribution in [3.8, 4) is 0 Å². The van der Waals surface area contributed by atoms with Gasteiger partial charge in [-0.05, 0) is 56.8 Å². The maximum Gasteiger partial charge on any atom is 0.0705 e. The fraction of sp³-hybridized carbons (Fsp3) is 0.739. The molecule has 1 unspecified atom stereocenters. The van der Waals surface area contributed by atoms with E-state index in [2.05, 4.69) is 57.8 Å². The molecule has 0 heterocycles. The van der Waals surface area contributed by atoms with E-state index in [4.69, 9.17) is 0 Å². The van der Waals surface area contributed by atoms with Gasteiger partial charge in [-0.15, -0.1) is 6.58 Å². The lowest BCUT2D eigenvalue weighted by atomic mass is 9.74. The molecule has 142 valence electrons. The second-order valence-electron chi connectivity index (χ2n) is 9.21. The maximum atomic E-state index is 4.53. The van der Waals surface area contributed by atoms with Crippen molar-refractivity contribution in [1.29, 1.82) is 0 Å². The number of likely N-dealkylation sites (N-methyl/N-ethyl adjacent to an activating group) is 1. The molecule has 1 N–H and O–H groups in total. The Balaban J connectivity index is 2.02. The van der Waals surface area contributed by atoms with E-state index < -0.39 is 0 Å². The van der Waals surface area contributed by atoms with E-state index in [1.54, 1.807) is 0 Å². The van der Waals surface area contributed by atoms with Crippen molar-refractivity contribution < 1.29 is 0 Å². The van der Waals surface area contributed by atoms with Gasteiger partial charge in [0.25, 0.3) is 0 Å². The molecular weight excluding hydrogens is 304 g/mol. The fourth-order valence-corrected chi connectivity index (χ4v) is 4.65. The van der Waals surface area contributed by atoms with Gasteiger partial charge in [-0.3, -0.25) is 0 Å². The quantitative estimate of drug-likeness (QED) is 0.414. The van der Waals surface area contributed by atoms with E-state index >= 15 is 0 Å². The molecule has 2 rings (SSSR count). The zero-order chi connectivity index (χ0) is 18.6. The summed E-state index contributed by atoms with van der Waals surface area (Å²) in [5, 5.41) is 3.69. The summed E-state index contributed by atoms with van der Waals surface area (Å²) in [6, 6.07) is 0.298. The first kappa shape index (κ1) is 20.1. The average Bonchev–Trinajstić information content (AvgIpc) is 3.27. The fourth-order valence-electron chi connectivity index (χ4n) is 4.65. The standard InChI is InChI=1S/C23H40N2/c1-17(2)14-20-15-21(20)16-25(7)19(5)22(24-18(3)4)23(6)12-10-8-9-11-13-23/h20-22,24H,1,3,5,8-16H2,2,4,6-7H3/t20-,21-,22?/m0/s1. The molecule has 2 aliphatic rings. The van der Waals surface area contributed by atoms with E-state index in [1.807, 2.05) is 0 Å². The summed E-state index contributed by atoms with van der Waals surface area (Å²) in [6.45, 7) is 20.5. The molecule has 2 saturated carbocycles. The first-order valence-electron chi connectivity index (χ1n) is 10.2. The molecule has 2 nitrogen and oxygen atoms in total. The number of rotatable bonds is 9. The molecular formula is C23H40N2. The largest absolute Gasteiger partial charge is 0.380 e. The molecule has 0 aromatic heterocycles. The Kier molecular flexibility index (Phi) is 6.82. The molecule has 0 aromatic carbocycles. The van der Waals surface area contributed by atoms with Crippen LogP contribution in [0.15, 0.2) is 36.7 Å². The van der Waals surface area contributed by atoms with Crippen LogP contribution >= 0.6 is 0 Å². The second kappa shape index (κ2) is 8.47. The lowest BCUT2D eigenvalue weighted by Crippen LogP contribution is -2.47.